The first kappa shape index (κ1) is 10.8. The van der Waals surface area contributed by atoms with E-state index in [1.165, 1.54) is 11.5 Å². The van der Waals surface area contributed by atoms with Crippen molar-refractivity contribution in [2.75, 3.05) is 0 Å². The van der Waals surface area contributed by atoms with Crippen LogP contribution in [0.1, 0.15) is 37.3 Å². The minimum Gasteiger partial charge on any atom is -0.380 e. The zero-order chi connectivity index (χ0) is 11.1. The van der Waals surface area contributed by atoms with Crippen LogP contribution in [-0.2, 0) is 5.60 Å². The zero-order valence-corrected chi connectivity index (χ0v) is 10.3. The standard InChI is InChI=1S/C12H17NOS/c1-9-8-10(15-13-9)12(14)6-4-11(2,3)5-7-12/h4,6,8,14H,5,7H2,1-3H3. The molecule has 0 aliphatic heterocycles. The zero-order valence-electron chi connectivity index (χ0n) is 9.45. The van der Waals surface area contributed by atoms with E-state index >= 15 is 0 Å². The molecule has 1 aromatic rings. The van der Waals surface area contributed by atoms with Crippen LogP contribution in [0.25, 0.3) is 0 Å². The normalized spacial score (nSPS) is 29.3. The van der Waals surface area contributed by atoms with Crippen molar-refractivity contribution in [2.24, 2.45) is 5.41 Å². The van der Waals surface area contributed by atoms with Crippen LogP contribution in [0.15, 0.2) is 18.2 Å². The van der Waals surface area contributed by atoms with Gasteiger partial charge in [-0.3, -0.25) is 0 Å². The van der Waals surface area contributed by atoms with Crippen molar-refractivity contribution in [1.82, 2.24) is 4.37 Å². The summed E-state index contributed by atoms with van der Waals surface area (Å²) in [7, 11) is 0. The van der Waals surface area contributed by atoms with Gasteiger partial charge in [0, 0.05) is 0 Å². The Morgan fingerprint density at radius 1 is 1.33 bits per heavy atom. The fourth-order valence-electron chi connectivity index (χ4n) is 1.82. The number of allylic oxidation sites excluding steroid dienone is 1. The Balaban J connectivity index is 2.30. The Hall–Kier alpha value is -0.670. The highest BCUT2D eigenvalue weighted by molar-refractivity contribution is 7.06. The van der Waals surface area contributed by atoms with E-state index in [9.17, 15) is 5.11 Å². The Kier molecular flexibility index (Phi) is 2.47. The number of aliphatic hydroxyl groups is 1. The summed E-state index contributed by atoms with van der Waals surface area (Å²) in [4.78, 5) is 0.965. The molecular weight excluding hydrogens is 206 g/mol. The van der Waals surface area contributed by atoms with Gasteiger partial charge in [0.25, 0.3) is 0 Å². The number of rotatable bonds is 1. The van der Waals surface area contributed by atoms with Gasteiger partial charge in [-0.2, -0.15) is 4.37 Å². The van der Waals surface area contributed by atoms with Crippen LogP contribution in [-0.4, -0.2) is 9.48 Å². The van der Waals surface area contributed by atoms with E-state index in [4.69, 9.17) is 0 Å². The van der Waals surface area contributed by atoms with Crippen molar-refractivity contribution in [3.8, 4) is 0 Å². The average Bonchev–Trinajstić information content (AvgIpc) is 2.59. The number of hydrogen-bond acceptors (Lipinski definition) is 3. The number of aromatic nitrogens is 1. The molecule has 0 fully saturated rings. The fraction of sp³-hybridized carbons (Fsp3) is 0.583. The molecule has 1 aliphatic carbocycles. The molecule has 2 nitrogen and oxygen atoms in total. The SMILES string of the molecule is Cc1cc(C2(O)C=CC(C)(C)CC2)sn1. The predicted molar refractivity (Wildman–Crippen MR) is 62.9 cm³/mol. The molecule has 1 heterocycles. The molecule has 0 amide bonds. The first-order valence-electron chi connectivity index (χ1n) is 5.28. The first-order valence-corrected chi connectivity index (χ1v) is 6.05. The monoisotopic (exact) mass is 223 g/mol. The lowest BCUT2D eigenvalue weighted by molar-refractivity contribution is 0.0616. The summed E-state index contributed by atoms with van der Waals surface area (Å²) >= 11 is 1.40. The minimum absolute atomic E-state index is 0.214. The second-order valence-electron chi connectivity index (χ2n) is 5.08. The molecular formula is C12H17NOS. The van der Waals surface area contributed by atoms with Gasteiger partial charge in [-0.25, -0.2) is 0 Å². The summed E-state index contributed by atoms with van der Waals surface area (Å²) in [5, 5.41) is 10.5. The Bertz CT molecular complexity index is 394. The number of hydrogen-bond donors (Lipinski definition) is 1. The molecule has 3 heteroatoms. The maximum atomic E-state index is 10.5. The van der Waals surface area contributed by atoms with Crippen molar-refractivity contribution in [3.05, 3.63) is 28.8 Å². The van der Waals surface area contributed by atoms with E-state index in [-0.39, 0.29) is 5.41 Å². The topological polar surface area (TPSA) is 33.1 Å². The maximum Gasteiger partial charge on any atom is 0.118 e. The molecule has 1 aliphatic rings. The van der Waals surface area contributed by atoms with E-state index in [1.54, 1.807) is 0 Å². The van der Waals surface area contributed by atoms with E-state index in [1.807, 2.05) is 19.1 Å². The summed E-state index contributed by atoms with van der Waals surface area (Å²) in [6.45, 7) is 6.35. The van der Waals surface area contributed by atoms with E-state index in [0.717, 1.165) is 23.4 Å². The Morgan fingerprint density at radius 3 is 2.53 bits per heavy atom. The van der Waals surface area contributed by atoms with Gasteiger partial charge in [-0.15, -0.1) is 0 Å². The molecule has 0 spiro atoms. The number of nitrogens with zero attached hydrogens (tertiary/aromatic N) is 1. The van der Waals surface area contributed by atoms with Gasteiger partial charge >= 0.3 is 0 Å². The smallest absolute Gasteiger partial charge is 0.118 e. The Labute approximate surface area is 94.8 Å². The molecule has 0 bridgehead atoms. The molecule has 0 saturated carbocycles. The highest BCUT2D eigenvalue weighted by Crippen LogP contribution is 2.41. The van der Waals surface area contributed by atoms with Crippen molar-refractivity contribution in [3.63, 3.8) is 0 Å². The quantitative estimate of drug-likeness (QED) is 0.742. The summed E-state index contributed by atoms with van der Waals surface area (Å²) in [6.07, 6.45) is 5.85. The molecule has 1 N–H and O–H groups in total. The molecule has 0 saturated heterocycles. The van der Waals surface area contributed by atoms with Crippen molar-refractivity contribution >= 4 is 11.5 Å². The van der Waals surface area contributed by atoms with Crippen LogP contribution in [0.3, 0.4) is 0 Å². The van der Waals surface area contributed by atoms with Gasteiger partial charge < -0.3 is 5.11 Å². The molecule has 0 aromatic carbocycles. The molecule has 0 radical (unpaired) electrons. The third-order valence-electron chi connectivity index (χ3n) is 3.02. The molecule has 1 atom stereocenters. The van der Waals surface area contributed by atoms with Gasteiger partial charge in [0.05, 0.1) is 10.6 Å². The summed E-state index contributed by atoms with van der Waals surface area (Å²) in [5.41, 5.74) is 0.426. The molecule has 1 unspecified atom stereocenters. The maximum absolute atomic E-state index is 10.5. The van der Waals surface area contributed by atoms with Crippen LogP contribution in [0.5, 0.6) is 0 Å². The predicted octanol–water partition coefficient (Wildman–Crippen LogP) is 3.02. The van der Waals surface area contributed by atoms with Crippen LogP contribution in [0.4, 0.5) is 0 Å². The van der Waals surface area contributed by atoms with Crippen molar-refractivity contribution in [1.29, 1.82) is 0 Å². The van der Waals surface area contributed by atoms with E-state index in [2.05, 4.69) is 24.3 Å². The summed E-state index contributed by atoms with van der Waals surface area (Å²) in [6, 6.07) is 1.98. The third-order valence-corrected chi connectivity index (χ3v) is 4.06. The Morgan fingerprint density at radius 2 is 2.07 bits per heavy atom. The lowest BCUT2D eigenvalue weighted by Crippen LogP contribution is -2.29. The van der Waals surface area contributed by atoms with Gasteiger partial charge in [0.1, 0.15) is 5.60 Å². The number of aryl methyl sites for hydroxylation is 1. The molecule has 15 heavy (non-hydrogen) atoms. The van der Waals surface area contributed by atoms with Crippen LogP contribution in [0.2, 0.25) is 0 Å². The van der Waals surface area contributed by atoms with Crippen LogP contribution in [0, 0.1) is 12.3 Å². The van der Waals surface area contributed by atoms with Gasteiger partial charge in [0.2, 0.25) is 0 Å². The lowest BCUT2D eigenvalue weighted by atomic mass is 9.76. The molecule has 82 valence electrons. The van der Waals surface area contributed by atoms with Crippen molar-refractivity contribution < 1.29 is 5.11 Å². The van der Waals surface area contributed by atoms with E-state index < -0.39 is 5.60 Å². The van der Waals surface area contributed by atoms with Gasteiger partial charge in [0.15, 0.2) is 0 Å². The summed E-state index contributed by atoms with van der Waals surface area (Å²) in [5.74, 6) is 0. The second-order valence-corrected chi connectivity index (χ2v) is 5.88. The second kappa shape index (κ2) is 3.42. The summed E-state index contributed by atoms with van der Waals surface area (Å²) < 4.78 is 4.22. The molecule has 1 aromatic heterocycles. The lowest BCUT2D eigenvalue weighted by Gasteiger charge is -2.33. The third kappa shape index (κ3) is 2.13. The van der Waals surface area contributed by atoms with Crippen LogP contribution >= 0.6 is 11.5 Å². The highest BCUT2D eigenvalue weighted by Gasteiger charge is 2.34. The minimum atomic E-state index is -0.776. The van der Waals surface area contributed by atoms with Crippen LogP contribution < -0.4 is 0 Å². The van der Waals surface area contributed by atoms with Gasteiger partial charge in [-0.05, 0) is 42.8 Å². The largest absolute Gasteiger partial charge is 0.380 e. The average molecular weight is 223 g/mol. The van der Waals surface area contributed by atoms with Crippen molar-refractivity contribution in [2.45, 2.75) is 39.2 Å². The van der Waals surface area contributed by atoms with E-state index in [0.29, 0.717) is 0 Å². The fourth-order valence-corrected chi connectivity index (χ4v) is 2.66. The highest BCUT2D eigenvalue weighted by atomic mass is 32.1. The first-order chi connectivity index (χ1) is 6.91. The molecule has 2 rings (SSSR count). The van der Waals surface area contributed by atoms with Gasteiger partial charge in [-0.1, -0.05) is 26.0 Å².